The Kier molecular flexibility index (Phi) is 3.56. The van der Waals surface area contributed by atoms with E-state index in [1.807, 2.05) is 26.0 Å². The molecular weight excluding hydrogens is 207 g/mol. The van der Waals surface area contributed by atoms with Gasteiger partial charge in [0.05, 0.1) is 13.2 Å². The molecule has 0 N–H and O–H groups in total. The molecular formula is C13H17FO2. The molecule has 1 aliphatic heterocycles. The number of ether oxygens (including phenoxy) is 2. The van der Waals surface area contributed by atoms with Gasteiger partial charge < -0.3 is 9.47 Å². The average Bonchev–Trinajstić information content (AvgIpc) is 2.76. The van der Waals surface area contributed by atoms with Gasteiger partial charge in [-0.25, -0.2) is 4.39 Å². The lowest BCUT2D eigenvalue weighted by Gasteiger charge is -2.15. The van der Waals surface area contributed by atoms with E-state index in [1.165, 1.54) is 0 Å². The van der Waals surface area contributed by atoms with Gasteiger partial charge >= 0.3 is 0 Å². The van der Waals surface area contributed by atoms with Crippen molar-refractivity contribution in [2.24, 2.45) is 0 Å². The minimum atomic E-state index is -0.517. The molecule has 1 fully saturated rings. The predicted octanol–water partition coefficient (Wildman–Crippen LogP) is 3.13. The molecule has 1 aromatic carbocycles. The Labute approximate surface area is 95.4 Å². The molecule has 1 saturated heterocycles. The van der Waals surface area contributed by atoms with Crippen LogP contribution in [0.1, 0.15) is 36.3 Å². The summed E-state index contributed by atoms with van der Waals surface area (Å²) < 4.78 is 25.0. The molecule has 2 rings (SSSR count). The standard InChI is InChI=1S/C13H17FO2/c1-3-4-10-6-5-9(2)11(12(10)14)13-15-7-8-16-13/h5-6,13H,3-4,7-8H2,1-2H3. The Morgan fingerprint density at radius 1 is 1.31 bits per heavy atom. The zero-order chi connectivity index (χ0) is 11.5. The van der Waals surface area contributed by atoms with Crippen molar-refractivity contribution in [3.05, 3.63) is 34.6 Å². The number of hydrogen-bond donors (Lipinski definition) is 0. The van der Waals surface area contributed by atoms with E-state index in [4.69, 9.17) is 9.47 Å². The number of benzene rings is 1. The Bertz CT molecular complexity index is 370. The third-order valence-corrected chi connectivity index (χ3v) is 2.85. The minimum Gasteiger partial charge on any atom is -0.346 e. The van der Waals surface area contributed by atoms with Crippen molar-refractivity contribution in [1.29, 1.82) is 0 Å². The monoisotopic (exact) mass is 224 g/mol. The number of rotatable bonds is 3. The third-order valence-electron chi connectivity index (χ3n) is 2.85. The second kappa shape index (κ2) is 4.93. The van der Waals surface area contributed by atoms with Crippen LogP contribution in [-0.2, 0) is 15.9 Å². The minimum absolute atomic E-state index is 0.159. The molecule has 0 unspecified atom stereocenters. The van der Waals surface area contributed by atoms with Crippen LogP contribution >= 0.6 is 0 Å². The second-order valence-corrected chi connectivity index (χ2v) is 4.09. The molecule has 1 heterocycles. The molecule has 88 valence electrons. The van der Waals surface area contributed by atoms with Gasteiger partial charge in [0, 0.05) is 5.56 Å². The largest absolute Gasteiger partial charge is 0.346 e. The third kappa shape index (κ3) is 2.11. The highest BCUT2D eigenvalue weighted by molar-refractivity contribution is 5.34. The fourth-order valence-corrected chi connectivity index (χ4v) is 2.01. The van der Waals surface area contributed by atoms with Crippen molar-refractivity contribution >= 4 is 0 Å². The summed E-state index contributed by atoms with van der Waals surface area (Å²) in [5.74, 6) is -0.159. The zero-order valence-corrected chi connectivity index (χ0v) is 9.75. The lowest BCUT2D eigenvalue weighted by molar-refractivity contribution is -0.0470. The van der Waals surface area contributed by atoms with Gasteiger partial charge in [-0.1, -0.05) is 25.5 Å². The fraction of sp³-hybridized carbons (Fsp3) is 0.538. The Morgan fingerprint density at radius 3 is 2.62 bits per heavy atom. The number of aryl methyl sites for hydroxylation is 2. The van der Waals surface area contributed by atoms with Gasteiger partial charge in [-0.2, -0.15) is 0 Å². The molecule has 3 heteroatoms. The van der Waals surface area contributed by atoms with Crippen molar-refractivity contribution in [3.8, 4) is 0 Å². The van der Waals surface area contributed by atoms with Gasteiger partial charge in [-0.15, -0.1) is 0 Å². The quantitative estimate of drug-likeness (QED) is 0.785. The summed E-state index contributed by atoms with van der Waals surface area (Å²) in [7, 11) is 0. The van der Waals surface area contributed by atoms with E-state index in [0.717, 1.165) is 24.0 Å². The Balaban J connectivity index is 2.37. The van der Waals surface area contributed by atoms with E-state index in [1.54, 1.807) is 0 Å². The SMILES string of the molecule is CCCc1ccc(C)c(C2OCCO2)c1F. The summed E-state index contributed by atoms with van der Waals surface area (Å²) >= 11 is 0. The van der Waals surface area contributed by atoms with E-state index in [-0.39, 0.29) is 5.82 Å². The zero-order valence-electron chi connectivity index (χ0n) is 9.75. The van der Waals surface area contributed by atoms with Gasteiger partial charge in [-0.3, -0.25) is 0 Å². The summed E-state index contributed by atoms with van der Waals surface area (Å²) in [5.41, 5.74) is 2.22. The summed E-state index contributed by atoms with van der Waals surface area (Å²) in [4.78, 5) is 0. The molecule has 2 nitrogen and oxygen atoms in total. The van der Waals surface area contributed by atoms with E-state index in [2.05, 4.69) is 0 Å². The van der Waals surface area contributed by atoms with Crippen LogP contribution in [0.3, 0.4) is 0 Å². The Hall–Kier alpha value is -0.930. The van der Waals surface area contributed by atoms with Crippen LogP contribution in [0.15, 0.2) is 12.1 Å². The fourth-order valence-electron chi connectivity index (χ4n) is 2.01. The molecule has 0 amide bonds. The van der Waals surface area contributed by atoms with Crippen LogP contribution in [0.5, 0.6) is 0 Å². The molecule has 1 aliphatic rings. The van der Waals surface area contributed by atoms with Gasteiger partial charge in [0.2, 0.25) is 0 Å². The van der Waals surface area contributed by atoms with Crippen LogP contribution in [0.2, 0.25) is 0 Å². The second-order valence-electron chi connectivity index (χ2n) is 4.09. The average molecular weight is 224 g/mol. The van der Waals surface area contributed by atoms with Crippen molar-refractivity contribution < 1.29 is 13.9 Å². The lowest BCUT2D eigenvalue weighted by Crippen LogP contribution is -2.07. The maximum Gasteiger partial charge on any atom is 0.187 e. The highest BCUT2D eigenvalue weighted by atomic mass is 19.1. The highest BCUT2D eigenvalue weighted by Crippen LogP contribution is 2.30. The molecule has 0 spiro atoms. The summed E-state index contributed by atoms with van der Waals surface area (Å²) in [6.45, 7) is 5.02. The molecule has 0 radical (unpaired) electrons. The molecule has 16 heavy (non-hydrogen) atoms. The Morgan fingerprint density at radius 2 is 2.00 bits per heavy atom. The summed E-state index contributed by atoms with van der Waals surface area (Å²) in [6, 6.07) is 3.79. The maximum atomic E-state index is 14.2. The van der Waals surface area contributed by atoms with Gasteiger partial charge in [0.15, 0.2) is 6.29 Å². The van der Waals surface area contributed by atoms with E-state index >= 15 is 0 Å². The number of halogens is 1. The maximum absolute atomic E-state index is 14.2. The highest BCUT2D eigenvalue weighted by Gasteiger charge is 2.24. The van der Waals surface area contributed by atoms with E-state index in [0.29, 0.717) is 18.8 Å². The molecule has 0 aliphatic carbocycles. The smallest absolute Gasteiger partial charge is 0.187 e. The topological polar surface area (TPSA) is 18.5 Å². The first kappa shape index (κ1) is 11.6. The number of hydrogen-bond acceptors (Lipinski definition) is 2. The normalized spacial score (nSPS) is 16.9. The molecule has 0 saturated carbocycles. The summed E-state index contributed by atoms with van der Waals surface area (Å²) in [6.07, 6.45) is 1.18. The summed E-state index contributed by atoms with van der Waals surface area (Å²) in [5, 5.41) is 0. The van der Waals surface area contributed by atoms with Gasteiger partial charge in [0.1, 0.15) is 5.82 Å². The van der Waals surface area contributed by atoms with Crippen molar-refractivity contribution in [3.63, 3.8) is 0 Å². The van der Waals surface area contributed by atoms with Crippen LogP contribution in [0, 0.1) is 12.7 Å². The molecule has 1 aromatic rings. The van der Waals surface area contributed by atoms with E-state index < -0.39 is 6.29 Å². The predicted molar refractivity (Wildman–Crippen MR) is 59.8 cm³/mol. The van der Waals surface area contributed by atoms with Crippen LogP contribution in [-0.4, -0.2) is 13.2 Å². The van der Waals surface area contributed by atoms with Gasteiger partial charge in [0.25, 0.3) is 0 Å². The molecule has 0 bridgehead atoms. The van der Waals surface area contributed by atoms with Gasteiger partial charge in [-0.05, 0) is 24.5 Å². The first-order chi connectivity index (χ1) is 7.74. The van der Waals surface area contributed by atoms with Crippen molar-refractivity contribution in [2.45, 2.75) is 33.0 Å². The van der Waals surface area contributed by atoms with Crippen molar-refractivity contribution in [2.75, 3.05) is 13.2 Å². The first-order valence-corrected chi connectivity index (χ1v) is 5.75. The van der Waals surface area contributed by atoms with Crippen molar-refractivity contribution in [1.82, 2.24) is 0 Å². The molecule has 0 aromatic heterocycles. The lowest BCUT2D eigenvalue weighted by atomic mass is 10.0. The first-order valence-electron chi connectivity index (χ1n) is 5.75. The van der Waals surface area contributed by atoms with Crippen LogP contribution in [0.25, 0.3) is 0 Å². The molecule has 0 atom stereocenters. The van der Waals surface area contributed by atoms with Crippen LogP contribution < -0.4 is 0 Å². The van der Waals surface area contributed by atoms with Crippen LogP contribution in [0.4, 0.5) is 4.39 Å². The van der Waals surface area contributed by atoms with E-state index in [9.17, 15) is 4.39 Å².